The first-order chi connectivity index (χ1) is 9.74. The van der Waals surface area contributed by atoms with Crippen LogP contribution in [0.5, 0.6) is 0 Å². The summed E-state index contributed by atoms with van der Waals surface area (Å²) in [5, 5.41) is 2.29. The quantitative estimate of drug-likeness (QED) is 0.594. The van der Waals surface area contributed by atoms with Crippen LogP contribution in [0.4, 0.5) is 10.1 Å². The first-order valence-electron chi connectivity index (χ1n) is 5.58. The Morgan fingerprint density at radius 1 is 1.57 bits per heavy atom. The van der Waals surface area contributed by atoms with Gasteiger partial charge in [-0.05, 0) is 28.9 Å². The van der Waals surface area contributed by atoms with Gasteiger partial charge in [-0.3, -0.25) is 0 Å². The van der Waals surface area contributed by atoms with Crippen LogP contribution in [0, 0.1) is 5.82 Å². The molecule has 0 saturated heterocycles. The molecule has 0 bridgehead atoms. The summed E-state index contributed by atoms with van der Waals surface area (Å²) in [6.45, 7) is 1.61. The van der Waals surface area contributed by atoms with Crippen LogP contribution in [0.1, 0.15) is 18.0 Å². The molecule has 0 aliphatic rings. The molecule has 0 aliphatic carbocycles. The Morgan fingerprint density at radius 2 is 2.24 bits per heavy atom. The van der Waals surface area contributed by atoms with E-state index in [1.807, 2.05) is 0 Å². The number of benzene rings is 1. The molecule has 0 fully saturated rings. The molecule has 1 heterocycles. The molecule has 114 valence electrons. The number of hydrogen-bond donors (Lipinski definition) is 2. The van der Waals surface area contributed by atoms with Gasteiger partial charge in [0.15, 0.2) is 5.82 Å². The Bertz CT molecular complexity index is 768. The molecule has 1 aromatic heterocycles. The second kappa shape index (κ2) is 6.17. The minimum Gasteiger partial charge on any atom is -0.395 e. The third-order valence-corrected chi connectivity index (χ3v) is 6.48. The van der Waals surface area contributed by atoms with Crippen LogP contribution in [0.25, 0.3) is 0 Å². The lowest BCUT2D eigenvalue weighted by molar-refractivity contribution is 0.547. The molecule has 10 heteroatoms. The van der Waals surface area contributed by atoms with Gasteiger partial charge < -0.3 is 5.73 Å². The zero-order chi connectivity index (χ0) is 15.8. The molecule has 2 aromatic rings. The summed E-state index contributed by atoms with van der Waals surface area (Å²) >= 11 is 10.1. The smallest absolute Gasteiger partial charge is 0.244 e. The van der Waals surface area contributed by atoms with Gasteiger partial charge in [-0.25, -0.2) is 22.5 Å². The summed E-state index contributed by atoms with van der Waals surface area (Å²) in [6, 6.07) is 0.409. The van der Waals surface area contributed by atoms with E-state index in [0.717, 1.165) is 6.07 Å². The summed E-state index contributed by atoms with van der Waals surface area (Å²) in [4.78, 5) is 3.40. The molecular formula is C11H10BrClFN3O2S2. The second-order valence-electron chi connectivity index (χ2n) is 4.11. The number of anilines is 1. The van der Waals surface area contributed by atoms with Gasteiger partial charge in [0.25, 0.3) is 0 Å². The van der Waals surface area contributed by atoms with Crippen LogP contribution in [-0.2, 0) is 10.0 Å². The molecule has 1 atom stereocenters. The van der Waals surface area contributed by atoms with E-state index in [1.165, 1.54) is 11.3 Å². The van der Waals surface area contributed by atoms with Crippen molar-refractivity contribution in [1.82, 2.24) is 9.71 Å². The number of hydrogen-bond acceptors (Lipinski definition) is 5. The van der Waals surface area contributed by atoms with Crippen molar-refractivity contribution in [2.45, 2.75) is 17.9 Å². The van der Waals surface area contributed by atoms with Crippen LogP contribution >= 0.6 is 38.9 Å². The van der Waals surface area contributed by atoms with E-state index in [1.54, 1.807) is 18.5 Å². The lowest BCUT2D eigenvalue weighted by atomic mass is 10.3. The number of halogens is 3. The number of nitrogens with one attached hydrogen (secondary N) is 1. The molecule has 2 rings (SSSR count). The van der Waals surface area contributed by atoms with Crippen molar-refractivity contribution in [3.05, 3.63) is 38.0 Å². The van der Waals surface area contributed by atoms with Crippen molar-refractivity contribution >= 4 is 54.6 Å². The van der Waals surface area contributed by atoms with Crippen LogP contribution in [-0.4, -0.2) is 13.4 Å². The predicted octanol–water partition coefficient (Wildman–Crippen LogP) is 3.32. The molecule has 1 aromatic carbocycles. The fraction of sp³-hybridized carbons (Fsp3) is 0.182. The third kappa shape index (κ3) is 3.37. The Kier molecular flexibility index (Phi) is 4.89. The highest BCUT2D eigenvalue weighted by molar-refractivity contribution is 9.10. The zero-order valence-corrected chi connectivity index (χ0v) is 14.6. The van der Waals surface area contributed by atoms with Gasteiger partial charge >= 0.3 is 0 Å². The summed E-state index contributed by atoms with van der Waals surface area (Å²) in [7, 11) is -4.12. The van der Waals surface area contributed by atoms with Gasteiger partial charge in [0.05, 0.1) is 21.2 Å². The fourth-order valence-electron chi connectivity index (χ4n) is 1.59. The number of nitrogens with two attached hydrogens (primary N) is 1. The lowest BCUT2D eigenvalue weighted by Crippen LogP contribution is -2.28. The summed E-state index contributed by atoms with van der Waals surface area (Å²) in [5.41, 5.74) is 5.14. The predicted molar refractivity (Wildman–Crippen MR) is 84.4 cm³/mol. The van der Waals surface area contributed by atoms with E-state index in [4.69, 9.17) is 17.3 Å². The van der Waals surface area contributed by atoms with Gasteiger partial charge in [0.2, 0.25) is 10.0 Å². The summed E-state index contributed by atoms with van der Waals surface area (Å²) in [6.07, 6.45) is 1.56. The topological polar surface area (TPSA) is 85.1 Å². The van der Waals surface area contributed by atoms with Gasteiger partial charge in [0.1, 0.15) is 9.90 Å². The van der Waals surface area contributed by atoms with Gasteiger partial charge in [-0.15, -0.1) is 11.3 Å². The highest BCUT2D eigenvalue weighted by Gasteiger charge is 2.26. The van der Waals surface area contributed by atoms with Gasteiger partial charge in [-0.2, -0.15) is 0 Å². The number of aromatic nitrogens is 1. The minimum atomic E-state index is -4.12. The average Bonchev–Trinajstić information content (AvgIpc) is 2.94. The highest BCUT2D eigenvalue weighted by Crippen LogP contribution is 2.35. The molecule has 0 aliphatic heterocycles. The number of rotatable bonds is 4. The summed E-state index contributed by atoms with van der Waals surface area (Å²) < 4.78 is 41.1. The van der Waals surface area contributed by atoms with E-state index < -0.39 is 26.8 Å². The molecule has 0 spiro atoms. The average molecular weight is 415 g/mol. The normalized spacial score (nSPS) is 13.3. The van der Waals surface area contributed by atoms with Crippen LogP contribution in [0.2, 0.25) is 5.02 Å². The number of nitrogen functional groups attached to an aromatic ring is 1. The molecule has 0 saturated carbocycles. The molecule has 21 heavy (non-hydrogen) atoms. The van der Waals surface area contributed by atoms with E-state index in [-0.39, 0.29) is 15.2 Å². The van der Waals surface area contributed by atoms with Crippen LogP contribution < -0.4 is 10.5 Å². The maximum absolute atomic E-state index is 14.1. The molecule has 3 N–H and O–H groups in total. The van der Waals surface area contributed by atoms with E-state index in [9.17, 15) is 12.8 Å². The third-order valence-electron chi connectivity index (χ3n) is 2.60. The second-order valence-corrected chi connectivity index (χ2v) is 7.92. The number of nitrogens with zero attached hydrogens (tertiary/aromatic N) is 1. The first-order valence-corrected chi connectivity index (χ1v) is 9.12. The van der Waals surface area contributed by atoms with Crippen LogP contribution in [0.15, 0.2) is 27.0 Å². The molecule has 0 amide bonds. The van der Waals surface area contributed by atoms with Crippen molar-refractivity contribution in [2.24, 2.45) is 0 Å². The molecule has 0 radical (unpaired) electrons. The SMILES string of the molecule is CC(NS(=O)(=O)c1cc(Cl)c(Br)c(N)c1F)c1nccs1. The Labute approximate surface area is 138 Å². The fourth-order valence-corrected chi connectivity index (χ4v) is 4.20. The molecule has 1 unspecified atom stereocenters. The van der Waals surface area contributed by atoms with Gasteiger partial charge in [0, 0.05) is 11.6 Å². The van der Waals surface area contributed by atoms with E-state index in [2.05, 4.69) is 25.6 Å². The van der Waals surface area contributed by atoms with Crippen molar-refractivity contribution in [1.29, 1.82) is 0 Å². The monoisotopic (exact) mass is 413 g/mol. The van der Waals surface area contributed by atoms with Crippen molar-refractivity contribution in [3.63, 3.8) is 0 Å². The Balaban J connectivity index is 2.41. The van der Waals surface area contributed by atoms with Crippen molar-refractivity contribution < 1.29 is 12.8 Å². The van der Waals surface area contributed by atoms with E-state index in [0.29, 0.717) is 5.01 Å². The summed E-state index contributed by atoms with van der Waals surface area (Å²) in [5.74, 6) is -1.05. The van der Waals surface area contributed by atoms with Crippen molar-refractivity contribution in [2.75, 3.05) is 5.73 Å². The van der Waals surface area contributed by atoms with E-state index >= 15 is 0 Å². The standard InChI is InChI=1S/C11H10BrClFN3O2S2/c1-5(11-16-2-3-20-11)17-21(18,19)7-4-6(13)8(12)10(15)9(7)14/h2-5,17H,15H2,1H3. The van der Waals surface area contributed by atoms with Crippen LogP contribution in [0.3, 0.4) is 0 Å². The minimum absolute atomic E-state index is 0.0103. The van der Waals surface area contributed by atoms with Gasteiger partial charge in [-0.1, -0.05) is 11.6 Å². The maximum atomic E-state index is 14.1. The Hall–Kier alpha value is -0.740. The van der Waals surface area contributed by atoms with Crippen molar-refractivity contribution in [3.8, 4) is 0 Å². The molecule has 5 nitrogen and oxygen atoms in total. The highest BCUT2D eigenvalue weighted by atomic mass is 79.9. The zero-order valence-electron chi connectivity index (χ0n) is 10.6. The largest absolute Gasteiger partial charge is 0.395 e. The number of thiazole rings is 1. The maximum Gasteiger partial charge on any atom is 0.244 e. The Morgan fingerprint density at radius 3 is 2.81 bits per heavy atom. The number of sulfonamides is 1. The lowest BCUT2D eigenvalue weighted by Gasteiger charge is -2.14. The molecular weight excluding hydrogens is 405 g/mol. The first kappa shape index (κ1) is 16.6.